The molecule has 5 heteroatoms. The maximum atomic E-state index is 10.5. The number of hydrogen-bond acceptors (Lipinski definition) is 3. The molecular formula is C8H17ClN2O2. The number of carbonyl (C=O) groups excluding carboxylic acids is 1. The van der Waals surface area contributed by atoms with E-state index in [9.17, 15) is 4.79 Å². The van der Waals surface area contributed by atoms with Gasteiger partial charge in [-0.25, -0.2) is 0 Å². The van der Waals surface area contributed by atoms with Gasteiger partial charge in [0.1, 0.15) is 6.10 Å². The largest absolute Gasteiger partial charge is 0.382 e. The van der Waals surface area contributed by atoms with E-state index in [0.717, 1.165) is 0 Å². The summed E-state index contributed by atoms with van der Waals surface area (Å²) < 4.78 is 0. The molecule has 1 saturated carbocycles. The van der Waals surface area contributed by atoms with Crippen molar-refractivity contribution >= 4 is 18.3 Å². The molecular weight excluding hydrogens is 192 g/mol. The zero-order valence-corrected chi connectivity index (χ0v) is 8.30. The minimum Gasteiger partial charge on any atom is -0.382 e. The Morgan fingerprint density at radius 1 is 1.54 bits per heavy atom. The summed E-state index contributed by atoms with van der Waals surface area (Å²) in [4.78, 5) is 10.5. The van der Waals surface area contributed by atoms with Crippen molar-refractivity contribution in [2.75, 3.05) is 0 Å². The summed E-state index contributed by atoms with van der Waals surface area (Å²) in [6.07, 6.45) is 3.11. The van der Waals surface area contributed by atoms with Gasteiger partial charge in [-0.05, 0) is 12.3 Å². The molecule has 1 rings (SSSR count). The second kappa shape index (κ2) is 5.42. The number of carbonyl (C=O) groups is 1. The van der Waals surface area contributed by atoms with Gasteiger partial charge in [0.05, 0.1) is 0 Å². The lowest BCUT2D eigenvalue weighted by Gasteiger charge is -2.29. The molecule has 0 aromatic rings. The number of halogens is 1. The summed E-state index contributed by atoms with van der Waals surface area (Å²) in [6, 6.07) is -0.479. The van der Waals surface area contributed by atoms with Crippen molar-refractivity contribution in [1.82, 2.24) is 0 Å². The molecule has 0 radical (unpaired) electrons. The van der Waals surface area contributed by atoms with Gasteiger partial charge < -0.3 is 16.6 Å². The minimum atomic E-state index is -1.18. The number of nitrogens with two attached hydrogens (primary N) is 2. The molecule has 1 aliphatic rings. The predicted octanol–water partition coefficient (Wildman–Crippen LogP) is -0.228. The van der Waals surface area contributed by atoms with Gasteiger partial charge in [0.2, 0.25) is 5.91 Å². The average molecular weight is 209 g/mol. The molecule has 13 heavy (non-hydrogen) atoms. The molecule has 78 valence electrons. The van der Waals surface area contributed by atoms with E-state index in [1.165, 1.54) is 19.3 Å². The molecule has 0 aromatic heterocycles. The van der Waals surface area contributed by atoms with Crippen LogP contribution in [0, 0.1) is 5.92 Å². The number of aliphatic hydroxyl groups is 1. The number of hydrogen-bond donors (Lipinski definition) is 3. The van der Waals surface area contributed by atoms with Crippen LogP contribution >= 0.6 is 12.4 Å². The Labute approximate surface area is 84.1 Å². The van der Waals surface area contributed by atoms with Gasteiger partial charge >= 0.3 is 0 Å². The third-order valence-corrected chi connectivity index (χ3v) is 2.53. The van der Waals surface area contributed by atoms with Gasteiger partial charge in [0.25, 0.3) is 0 Å². The van der Waals surface area contributed by atoms with Crippen molar-refractivity contribution in [1.29, 1.82) is 0 Å². The van der Waals surface area contributed by atoms with Crippen molar-refractivity contribution in [3.8, 4) is 0 Å². The lowest BCUT2D eigenvalue weighted by atomic mass is 9.80. The van der Waals surface area contributed by atoms with E-state index in [2.05, 4.69) is 0 Å². The smallest absolute Gasteiger partial charge is 0.247 e. The SMILES string of the molecule is Cl.NC(=O)C(O)[C@H](N)CC1CCC1. The molecule has 0 bridgehead atoms. The van der Waals surface area contributed by atoms with Crippen LogP contribution in [0.15, 0.2) is 0 Å². The van der Waals surface area contributed by atoms with E-state index in [1.807, 2.05) is 0 Å². The van der Waals surface area contributed by atoms with E-state index >= 15 is 0 Å². The summed E-state index contributed by atoms with van der Waals surface area (Å²) in [5.74, 6) is -0.129. The summed E-state index contributed by atoms with van der Waals surface area (Å²) in [5, 5.41) is 9.16. The summed E-state index contributed by atoms with van der Waals surface area (Å²) in [7, 11) is 0. The van der Waals surface area contributed by atoms with Crippen LogP contribution in [-0.2, 0) is 4.79 Å². The van der Waals surface area contributed by atoms with Gasteiger partial charge in [-0.2, -0.15) is 0 Å². The summed E-state index contributed by atoms with van der Waals surface area (Å²) >= 11 is 0. The molecule has 1 aliphatic carbocycles. The third kappa shape index (κ3) is 3.50. The summed E-state index contributed by atoms with van der Waals surface area (Å²) in [6.45, 7) is 0. The van der Waals surface area contributed by atoms with E-state index < -0.39 is 18.1 Å². The predicted molar refractivity (Wildman–Crippen MR) is 52.4 cm³/mol. The van der Waals surface area contributed by atoms with Gasteiger partial charge in [0.15, 0.2) is 0 Å². The first-order chi connectivity index (χ1) is 5.61. The van der Waals surface area contributed by atoms with E-state index in [-0.39, 0.29) is 12.4 Å². The first kappa shape index (κ1) is 12.7. The van der Waals surface area contributed by atoms with Gasteiger partial charge in [0, 0.05) is 6.04 Å². The van der Waals surface area contributed by atoms with Crippen molar-refractivity contribution in [2.45, 2.75) is 37.8 Å². The highest BCUT2D eigenvalue weighted by molar-refractivity contribution is 5.85. The zero-order valence-electron chi connectivity index (χ0n) is 7.48. The second-order valence-electron chi connectivity index (χ2n) is 3.54. The minimum absolute atomic E-state index is 0. The van der Waals surface area contributed by atoms with Crippen molar-refractivity contribution in [3.05, 3.63) is 0 Å². The maximum absolute atomic E-state index is 10.5. The van der Waals surface area contributed by atoms with Crippen LogP contribution in [0.1, 0.15) is 25.7 Å². The molecule has 0 spiro atoms. The van der Waals surface area contributed by atoms with Crippen LogP contribution in [0.4, 0.5) is 0 Å². The molecule has 0 saturated heterocycles. The van der Waals surface area contributed by atoms with E-state index in [4.69, 9.17) is 16.6 Å². The standard InChI is InChI=1S/C8H16N2O2.ClH/c9-6(7(11)8(10)12)4-5-2-1-3-5;/h5-7,11H,1-4,9H2,(H2,10,12);1H/t6-,7?;/m1./s1. The Morgan fingerprint density at radius 3 is 2.38 bits per heavy atom. The van der Waals surface area contributed by atoms with E-state index in [0.29, 0.717) is 12.3 Å². The Kier molecular flexibility index (Phi) is 5.29. The summed E-state index contributed by atoms with van der Waals surface area (Å²) in [5.41, 5.74) is 10.5. The highest BCUT2D eigenvalue weighted by Crippen LogP contribution is 2.30. The van der Waals surface area contributed by atoms with Crippen molar-refractivity contribution < 1.29 is 9.90 Å². The van der Waals surface area contributed by atoms with Gasteiger partial charge in [-0.15, -0.1) is 12.4 Å². The molecule has 0 aliphatic heterocycles. The molecule has 1 fully saturated rings. The fourth-order valence-corrected chi connectivity index (χ4v) is 1.45. The normalized spacial score (nSPS) is 21.1. The van der Waals surface area contributed by atoms with Crippen LogP contribution in [0.5, 0.6) is 0 Å². The Hall–Kier alpha value is -0.320. The van der Waals surface area contributed by atoms with Crippen molar-refractivity contribution in [2.24, 2.45) is 17.4 Å². The Morgan fingerprint density at radius 2 is 2.08 bits per heavy atom. The molecule has 1 amide bonds. The highest BCUT2D eigenvalue weighted by atomic mass is 35.5. The first-order valence-electron chi connectivity index (χ1n) is 4.34. The number of amides is 1. The lowest BCUT2D eigenvalue weighted by Crippen LogP contribution is -2.45. The molecule has 1 unspecified atom stereocenters. The topological polar surface area (TPSA) is 89.3 Å². The third-order valence-electron chi connectivity index (χ3n) is 2.53. The van der Waals surface area contributed by atoms with Gasteiger partial charge in [-0.3, -0.25) is 4.79 Å². The highest BCUT2D eigenvalue weighted by Gasteiger charge is 2.26. The van der Waals surface area contributed by atoms with Crippen LogP contribution in [0.25, 0.3) is 0 Å². The van der Waals surface area contributed by atoms with Crippen LogP contribution < -0.4 is 11.5 Å². The molecule has 2 atom stereocenters. The lowest BCUT2D eigenvalue weighted by molar-refractivity contribution is -0.127. The Balaban J connectivity index is 0.00000144. The number of aliphatic hydroxyl groups excluding tert-OH is 1. The van der Waals surface area contributed by atoms with Crippen LogP contribution in [0.2, 0.25) is 0 Å². The second-order valence-corrected chi connectivity index (χ2v) is 3.54. The molecule has 4 nitrogen and oxygen atoms in total. The molecule has 0 heterocycles. The van der Waals surface area contributed by atoms with Crippen LogP contribution in [0.3, 0.4) is 0 Å². The fraction of sp³-hybridized carbons (Fsp3) is 0.875. The first-order valence-corrected chi connectivity index (χ1v) is 4.34. The number of rotatable bonds is 4. The molecule has 0 aromatic carbocycles. The zero-order chi connectivity index (χ0) is 9.14. The van der Waals surface area contributed by atoms with E-state index in [1.54, 1.807) is 0 Å². The quantitative estimate of drug-likeness (QED) is 0.596. The average Bonchev–Trinajstić information content (AvgIpc) is 1.94. The number of primary amides is 1. The Bertz CT molecular complexity index is 174. The molecule has 5 N–H and O–H groups in total. The van der Waals surface area contributed by atoms with Crippen LogP contribution in [-0.4, -0.2) is 23.2 Å². The van der Waals surface area contributed by atoms with Crippen molar-refractivity contribution in [3.63, 3.8) is 0 Å². The monoisotopic (exact) mass is 208 g/mol. The maximum Gasteiger partial charge on any atom is 0.247 e. The fourth-order valence-electron chi connectivity index (χ4n) is 1.45. The van der Waals surface area contributed by atoms with Gasteiger partial charge in [-0.1, -0.05) is 19.3 Å².